The lowest BCUT2D eigenvalue weighted by Crippen LogP contribution is -2.49. The minimum atomic E-state index is -0.647. The molecule has 7 nitrogen and oxygen atoms in total. The van der Waals surface area contributed by atoms with E-state index in [9.17, 15) is 14.4 Å². The predicted octanol–water partition coefficient (Wildman–Crippen LogP) is 1.76. The average molecular weight is 353 g/mol. The van der Waals surface area contributed by atoms with Crippen LogP contribution in [0.5, 0.6) is 0 Å². The monoisotopic (exact) mass is 353 g/mol. The molecule has 0 spiro atoms. The number of carbonyl (C=O) groups is 3. The first kappa shape index (κ1) is 19.5. The minimum absolute atomic E-state index is 0.235. The second-order valence-electron chi connectivity index (χ2n) is 7.00. The molecule has 0 aromatic heterocycles. The maximum atomic E-state index is 12.3. The van der Waals surface area contributed by atoms with Gasteiger partial charge in [-0.05, 0) is 51.9 Å². The second-order valence-corrected chi connectivity index (χ2v) is 7.00. The Balaban J connectivity index is 1.70. The third-order valence-corrected chi connectivity index (χ3v) is 5.05. The Bertz CT molecular complexity index is 469. The molecule has 0 aromatic carbocycles. The number of ether oxygens (including phenoxy) is 1. The van der Waals surface area contributed by atoms with Crippen LogP contribution in [0.3, 0.4) is 0 Å². The first-order valence-corrected chi connectivity index (χ1v) is 9.51. The highest BCUT2D eigenvalue weighted by Crippen LogP contribution is 2.22. The minimum Gasteiger partial charge on any atom is -0.464 e. The number of amides is 3. The first-order valence-electron chi connectivity index (χ1n) is 9.51. The summed E-state index contributed by atoms with van der Waals surface area (Å²) in [5.74, 6) is 0.192. The van der Waals surface area contributed by atoms with Gasteiger partial charge in [-0.15, -0.1) is 0 Å². The van der Waals surface area contributed by atoms with Crippen LogP contribution in [0.15, 0.2) is 0 Å². The number of nitrogens with zero attached hydrogens (tertiary/aromatic N) is 2. The van der Waals surface area contributed by atoms with E-state index in [0.29, 0.717) is 32.0 Å². The van der Waals surface area contributed by atoms with Gasteiger partial charge in [0, 0.05) is 32.6 Å². The summed E-state index contributed by atoms with van der Waals surface area (Å²) in [5, 5.41) is 2.68. The Morgan fingerprint density at radius 2 is 1.68 bits per heavy atom. The van der Waals surface area contributed by atoms with E-state index in [1.807, 2.05) is 4.90 Å². The third-order valence-electron chi connectivity index (χ3n) is 5.05. The highest BCUT2D eigenvalue weighted by molar-refractivity contribution is 5.83. The van der Waals surface area contributed by atoms with Crippen LogP contribution in [0.2, 0.25) is 0 Å². The van der Waals surface area contributed by atoms with E-state index < -0.39 is 12.0 Å². The van der Waals surface area contributed by atoms with E-state index in [1.165, 1.54) is 6.42 Å². The molecule has 2 heterocycles. The fourth-order valence-corrected chi connectivity index (χ4v) is 3.46. The average Bonchev–Trinajstić information content (AvgIpc) is 2.63. The van der Waals surface area contributed by atoms with Crippen molar-refractivity contribution in [2.24, 2.45) is 5.92 Å². The van der Waals surface area contributed by atoms with Crippen molar-refractivity contribution in [2.75, 3.05) is 32.8 Å². The molecule has 2 rings (SSSR count). The van der Waals surface area contributed by atoms with E-state index in [-0.39, 0.29) is 11.9 Å². The molecule has 0 radical (unpaired) electrons. The van der Waals surface area contributed by atoms with Crippen LogP contribution in [0.25, 0.3) is 0 Å². The Morgan fingerprint density at radius 1 is 1.04 bits per heavy atom. The van der Waals surface area contributed by atoms with Crippen LogP contribution in [-0.2, 0) is 14.3 Å². The van der Waals surface area contributed by atoms with Crippen LogP contribution >= 0.6 is 0 Å². The van der Waals surface area contributed by atoms with Crippen molar-refractivity contribution < 1.29 is 19.1 Å². The number of piperidine rings is 2. The quantitative estimate of drug-likeness (QED) is 0.764. The van der Waals surface area contributed by atoms with Gasteiger partial charge in [0.15, 0.2) is 0 Å². The molecule has 0 aliphatic carbocycles. The van der Waals surface area contributed by atoms with E-state index in [0.717, 1.165) is 38.8 Å². The van der Waals surface area contributed by atoms with Gasteiger partial charge in [0.25, 0.3) is 0 Å². The standard InChI is InChI=1S/C18H31N3O4/c1-3-25-17(23)14(2)19-18(24)21-11-7-15(8-12-21)13-16(22)20-9-5-4-6-10-20/h14-15H,3-13H2,1-2H3,(H,19,24). The smallest absolute Gasteiger partial charge is 0.328 e. The summed E-state index contributed by atoms with van der Waals surface area (Å²) < 4.78 is 4.90. The van der Waals surface area contributed by atoms with Gasteiger partial charge in [0.05, 0.1) is 6.61 Å². The number of carbonyl (C=O) groups excluding carboxylic acids is 3. The molecule has 2 aliphatic heterocycles. The van der Waals surface area contributed by atoms with Gasteiger partial charge >= 0.3 is 12.0 Å². The van der Waals surface area contributed by atoms with Gasteiger partial charge in [-0.1, -0.05) is 0 Å². The summed E-state index contributed by atoms with van der Waals surface area (Å²) in [5.41, 5.74) is 0. The number of hydrogen-bond acceptors (Lipinski definition) is 4. The molecule has 1 N–H and O–H groups in total. The fourth-order valence-electron chi connectivity index (χ4n) is 3.46. The van der Waals surface area contributed by atoms with Crippen LogP contribution in [0.4, 0.5) is 4.79 Å². The first-order chi connectivity index (χ1) is 12.0. The van der Waals surface area contributed by atoms with Crippen molar-refractivity contribution in [3.63, 3.8) is 0 Å². The van der Waals surface area contributed by atoms with Crippen molar-refractivity contribution in [1.82, 2.24) is 15.1 Å². The highest BCUT2D eigenvalue weighted by Gasteiger charge is 2.28. The van der Waals surface area contributed by atoms with Gasteiger partial charge in [-0.2, -0.15) is 0 Å². The van der Waals surface area contributed by atoms with Gasteiger partial charge < -0.3 is 19.9 Å². The molecular formula is C18H31N3O4. The third kappa shape index (κ3) is 5.90. The molecule has 1 atom stereocenters. The lowest BCUT2D eigenvalue weighted by atomic mass is 9.92. The maximum absolute atomic E-state index is 12.3. The molecular weight excluding hydrogens is 322 g/mol. The summed E-state index contributed by atoms with van der Waals surface area (Å²) in [6, 6.07) is -0.882. The van der Waals surface area contributed by atoms with Gasteiger partial charge in [-0.25, -0.2) is 9.59 Å². The Labute approximate surface area is 150 Å². The summed E-state index contributed by atoms with van der Waals surface area (Å²) in [6.07, 6.45) is 5.71. The molecule has 2 aliphatic rings. The molecule has 7 heteroatoms. The summed E-state index contributed by atoms with van der Waals surface area (Å²) in [6.45, 7) is 6.70. The molecule has 1 unspecified atom stereocenters. The van der Waals surface area contributed by atoms with Crippen molar-refractivity contribution in [2.45, 2.75) is 58.4 Å². The Hall–Kier alpha value is -1.79. The number of esters is 1. The summed E-state index contributed by atoms with van der Waals surface area (Å²) >= 11 is 0. The van der Waals surface area contributed by atoms with E-state index in [2.05, 4.69) is 5.32 Å². The van der Waals surface area contributed by atoms with Gasteiger partial charge in [0.1, 0.15) is 6.04 Å². The number of likely N-dealkylation sites (tertiary alicyclic amines) is 2. The molecule has 25 heavy (non-hydrogen) atoms. The largest absolute Gasteiger partial charge is 0.464 e. The predicted molar refractivity (Wildman–Crippen MR) is 94.0 cm³/mol. The molecule has 0 saturated carbocycles. The molecule has 2 fully saturated rings. The van der Waals surface area contributed by atoms with Crippen LogP contribution in [0.1, 0.15) is 52.4 Å². The SMILES string of the molecule is CCOC(=O)C(C)NC(=O)N1CCC(CC(=O)N2CCCCC2)CC1. The van der Waals surface area contributed by atoms with Gasteiger partial charge in [-0.3, -0.25) is 4.79 Å². The van der Waals surface area contributed by atoms with Crippen molar-refractivity contribution in [3.8, 4) is 0 Å². The zero-order chi connectivity index (χ0) is 18.2. The zero-order valence-electron chi connectivity index (χ0n) is 15.5. The molecule has 3 amide bonds. The highest BCUT2D eigenvalue weighted by atomic mass is 16.5. The number of urea groups is 1. The van der Waals surface area contributed by atoms with E-state index in [1.54, 1.807) is 18.7 Å². The van der Waals surface area contributed by atoms with Crippen LogP contribution in [-0.4, -0.2) is 66.5 Å². The number of rotatable bonds is 5. The number of nitrogens with one attached hydrogen (secondary N) is 1. The Kier molecular flexibility index (Phi) is 7.52. The van der Waals surface area contributed by atoms with Crippen molar-refractivity contribution in [3.05, 3.63) is 0 Å². The molecule has 142 valence electrons. The normalized spacial score (nSPS) is 20.1. The van der Waals surface area contributed by atoms with Crippen molar-refractivity contribution >= 4 is 17.9 Å². The number of hydrogen-bond donors (Lipinski definition) is 1. The lowest BCUT2D eigenvalue weighted by Gasteiger charge is -2.34. The summed E-state index contributed by atoms with van der Waals surface area (Å²) in [4.78, 5) is 39.9. The van der Waals surface area contributed by atoms with Crippen LogP contribution < -0.4 is 5.32 Å². The van der Waals surface area contributed by atoms with Crippen molar-refractivity contribution in [1.29, 1.82) is 0 Å². The van der Waals surface area contributed by atoms with Gasteiger partial charge in [0.2, 0.25) is 5.91 Å². The topological polar surface area (TPSA) is 79.0 Å². The fraction of sp³-hybridized carbons (Fsp3) is 0.833. The van der Waals surface area contributed by atoms with E-state index >= 15 is 0 Å². The maximum Gasteiger partial charge on any atom is 0.328 e. The molecule has 2 saturated heterocycles. The lowest BCUT2D eigenvalue weighted by molar-refractivity contribution is -0.145. The second kappa shape index (κ2) is 9.63. The molecule has 0 bridgehead atoms. The zero-order valence-corrected chi connectivity index (χ0v) is 15.5. The molecule has 0 aromatic rings. The Morgan fingerprint density at radius 3 is 2.28 bits per heavy atom. The summed E-state index contributed by atoms with van der Waals surface area (Å²) in [7, 11) is 0. The van der Waals surface area contributed by atoms with Crippen LogP contribution in [0, 0.1) is 5.92 Å². The van der Waals surface area contributed by atoms with E-state index in [4.69, 9.17) is 4.74 Å².